The maximum Gasteiger partial charge on any atom is 0.255 e. The average Bonchev–Trinajstić information content (AvgIpc) is 3.52. The summed E-state index contributed by atoms with van der Waals surface area (Å²) in [5.41, 5.74) is 2.73. The Morgan fingerprint density at radius 3 is 2.52 bits per heavy atom. The quantitative estimate of drug-likeness (QED) is 0.721. The van der Waals surface area contributed by atoms with Crippen molar-refractivity contribution < 1.29 is 13.2 Å². The molecule has 2 aromatic rings. The maximum absolute atomic E-state index is 12.5. The van der Waals surface area contributed by atoms with E-state index in [0.717, 1.165) is 24.0 Å². The molecule has 0 atom stereocenters. The smallest absolute Gasteiger partial charge is 0.255 e. The van der Waals surface area contributed by atoms with E-state index in [1.165, 1.54) is 0 Å². The normalized spacial score (nSPS) is 14.0. The monoisotopic (exact) mass is 388 g/mol. The van der Waals surface area contributed by atoms with Crippen LogP contribution in [0.3, 0.4) is 0 Å². The van der Waals surface area contributed by atoms with Gasteiger partial charge in [-0.2, -0.15) is 0 Å². The van der Waals surface area contributed by atoms with Gasteiger partial charge in [0.05, 0.1) is 10.8 Å². The van der Waals surface area contributed by atoms with Crippen molar-refractivity contribution in [3.63, 3.8) is 0 Å². The number of anilines is 1. The second-order valence-electron chi connectivity index (χ2n) is 6.72. The lowest BCUT2D eigenvalue weighted by Crippen LogP contribution is -2.32. The first-order chi connectivity index (χ1) is 12.9. The minimum atomic E-state index is -3.27. The molecule has 1 aromatic heterocycles. The van der Waals surface area contributed by atoms with Gasteiger partial charge in [0, 0.05) is 43.8 Å². The Morgan fingerprint density at radius 2 is 1.89 bits per heavy atom. The predicted molar refractivity (Wildman–Crippen MR) is 106 cm³/mol. The largest absolute Gasteiger partial charge is 0.340 e. The van der Waals surface area contributed by atoms with Crippen LogP contribution in [0, 0.1) is 0 Å². The number of nitrogens with zero attached hydrogens (tertiary/aromatic N) is 2. The number of hydrogen-bond donors (Lipinski definition) is 2. The van der Waals surface area contributed by atoms with Crippen molar-refractivity contribution >= 4 is 21.6 Å². The van der Waals surface area contributed by atoms with Crippen LogP contribution in [-0.2, 0) is 10.0 Å². The van der Waals surface area contributed by atoms with E-state index >= 15 is 0 Å². The molecule has 144 valence electrons. The molecule has 1 aliphatic rings. The fourth-order valence-electron chi connectivity index (χ4n) is 2.67. The molecule has 1 saturated carbocycles. The Balaban J connectivity index is 1.73. The fourth-order valence-corrected chi connectivity index (χ4v) is 4.06. The molecule has 0 saturated heterocycles. The standard InChI is InChI=1S/C19H24N4O3S/c1-20-9-10-23(2)19(24)16-11-15(12-21-13-16)14-3-5-17(6-4-14)22-27(25,26)18-7-8-18/h3-6,11-13,18,20,22H,7-10H2,1-2H3. The molecule has 1 aliphatic carbocycles. The molecule has 1 aromatic carbocycles. The van der Waals surface area contributed by atoms with Crippen molar-refractivity contribution in [1.82, 2.24) is 15.2 Å². The molecule has 3 rings (SSSR count). The number of pyridine rings is 1. The van der Waals surface area contributed by atoms with E-state index in [4.69, 9.17) is 0 Å². The minimum absolute atomic E-state index is 0.0894. The number of nitrogens with one attached hydrogen (secondary N) is 2. The van der Waals surface area contributed by atoms with Gasteiger partial charge >= 0.3 is 0 Å². The van der Waals surface area contributed by atoms with Gasteiger partial charge in [-0.25, -0.2) is 8.42 Å². The number of amides is 1. The van der Waals surface area contributed by atoms with Gasteiger partial charge in [-0.1, -0.05) is 12.1 Å². The van der Waals surface area contributed by atoms with Gasteiger partial charge in [-0.15, -0.1) is 0 Å². The molecule has 0 radical (unpaired) electrons. The molecular formula is C19H24N4O3S. The summed E-state index contributed by atoms with van der Waals surface area (Å²) in [6.45, 7) is 1.32. The van der Waals surface area contributed by atoms with Crippen molar-refractivity contribution in [1.29, 1.82) is 0 Å². The number of carbonyl (C=O) groups excluding carboxylic acids is 1. The molecule has 1 fully saturated rings. The first kappa shape index (κ1) is 19.3. The van der Waals surface area contributed by atoms with Crippen LogP contribution in [-0.4, -0.2) is 56.6 Å². The van der Waals surface area contributed by atoms with Crippen molar-refractivity contribution in [3.05, 3.63) is 48.3 Å². The number of rotatable bonds is 8. The van der Waals surface area contributed by atoms with Gasteiger partial charge < -0.3 is 10.2 Å². The molecule has 27 heavy (non-hydrogen) atoms. The van der Waals surface area contributed by atoms with Crippen molar-refractivity contribution in [3.8, 4) is 11.1 Å². The average molecular weight is 388 g/mol. The third-order valence-electron chi connectivity index (χ3n) is 4.47. The van der Waals surface area contributed by atoms with Crippen LogP contribution >= 0.6 is 0 Å². The third kappa shape index (κ3) is 4.84. The lowest BCUT2D eigenvalue weighted by Gasteiger charge is -2.17. The maximum atomic E-state index is 12.5. The molecule has 7 nitrogen and oxygen atoms in total. The van der Waals surface area contributed by atoms with E-state index in [2.05, 4.69) is 15.0 Å². The van der Waals surface area contributed by atoms with Gasteiger partial charge in [0.25, 0.3) is 5.91 Å². The number of aromatic nitrogens is 1. The highest BCUT2D eigenvalue weighted by molar-refractivity contribution is 7.93. The molecule has 1 amide bonds. The predicted octanol–water partition coefficient (Wildman–Crippen LogP) is 1.94. The number of benzene rings is 1. The van der Waals surface area contributed by atoms with Crippen molar-refractivity contribution in [2.45, 2.75) is 18.1 Å². The second kappa shape index (κ2) is 8.06. The van der Waals surface area contributed by atoms with Crippen LogP contribution in [0.2, 0.25) is 0 Å². The summed E-state index contributed by atoms with van der Waals surface area (Å²) in [7, 11) is 0.329. The van der Waals surface area contributed by atoms with Crippen LogP contribution in [0.4, 0.5) is 5.69 Å². The van der Waals surface area contributed by atoms with E-state index in [9.17, 15) is 13.2 Å². The Labute approximate surface area is 159 Å². The van der Waals surface area contributed by atoms with E-state index in [1.807, 2.05) is 19.2 Å². The minimum Gasteiger partial charge on any atom is -0.340 e. The molecule has 8 heteroatoms. The summed E-state index contributed by atoms with van der Waals surface area (Å²) in [6, 6.07) is 8.89. The Bertz CT molecular complexity index is 909. The Hall–Kier alpha value is -2.45. The van der Waals surface area contributed by atoms with Gasteiger partial charge in [-0.05, 0) is 43.7 Å². The Kier molecular flexibility index (Phi) is 5.76. The molecule has 0 aliphatic heterocycles. The number of carbonyl (C=O) groups is 1. The Morgan fingerprint density at radius 1 is 1.19 bits per heavy atom. The van der Waals surface area contributed by atoms with Crippen LogP contribution in [0.5, 0.6) is 0 Å². The van der Waals surface area contributed by atoms with Gasteiger partial charge in [0.2, 0.25) is 10.0 Å². The zero-order chi connectivity index (χ0) is 19.4. The summed E-state index contributed by atoms with van der Waals surface area (Å²) in [4.78, 5) is 18.3. The van der Waals surface area contributed by atoms with Crippen molar-refractivity contribution in [2.24, 2.45) is 0 Å². The van der Waals surface area contributed by atoms with Crippen LogP contribution in [0.15, 0.2) is 42.7 Å². The van der Waals surface area contributed by atoms with Gasteiger partial charge in [0.15, 0.2) is 0 Å². The summed E-state index contributed by atoms with van der Waals surface area (Å²) in [5.74, 6) is -0.0894. The van der Waals surface area contributed by atoms with Gasteiger partial charge in [0.1, 0.15) is 0 Å². The topological polar surface area (TPSA) is 91.4 Å². The SMILES string of the molecule is CNCCN(C)C(=O)c1cncc(-c2ccc(NS(=O)(=O)C3CC3)cc2)c1. The van der Waals surface area contributed by atoms with Crippen LogP contribution in [0.1, 0.15) is 23.2 Å². The molecular weight excluding hydrogens is 364 g/mol. The van der Waals surface area contributed by atoms with Gasteiger partial charge in [-0.3, -0.25) is 14.5 Å². The van der Waals surface area contributed by atoms with E-state index in [0.29, 0.717) is 24.3 Å². The first-order valence-electron chi connectivity index (χ1n) is 8.88. The second-order valence-corrected chi connectivity index (χ2v) is 8.68. The summed E-state index contributed by atoms with van der Waals surface area (Å²) >= 11 is 0. The highest BCUT2D eigenvalue weighted by Gasteiger charge is 2.35. The zero-order valence-corrected chi connectivity index (χ0v) is 16.3. The highest BCUT2D eigenvalue weighted by Crippen LogP contribution is 2.30. The first-order valence-corrected chi connectivity index (χ1v) is 10.4. The van der Waals surface area contributed by atoms with Crippen LogP contribution in [0.25, 0.3) is 11.1 Å². The lowest BCUT2D eigenvalue weighted by molar-refractivity contribution is 0.0796. The molecule has 0 bridgehead atoms. The summed E-state index contributed by atoms with van der Waals surface area (Å²) < 4.78 is 26.6. The highest BCUT2D eigenvalue weighted by atomic mass is 32.2. The fraction of sp³-hybridized carbons (Fsp3) is 0.368. The molecule has 1 heterocycles. The molecule has 0 unspecified atom stereocenters. The lowest BCUT2D eigenvalue weighted by atomic mass is 10.1. The summed E-state index contributed by atoms with van der Waals surface area (Å²) in [6.07, 6.45) is 4.69. The van der Waals surface area contributed by atoms with Crippen molar-refractivity contribution in [2.75, 3.05) is 31.9 Å². The van der Waals surface area contributed by atoms with E-state index in [1.54, 1.807) is 42.5 Å². The van der Waals surface area contributed by atoms with E-state index in [-0.39, 0.29) is 11.2 Å². The molecule has 2 N–H and O–H groups in total. The third-order valence-corrected chi connectivity index (χ3v) is 6.34. The molecule has 0 spiro atoms. The summed E-state index contributed by atoms with van der Waals surface area (Å²) in [5, 5.41) is 2.76. The van der Waals surface area contributed by atoms with E-state index < -0.39 is 10.0 Å². The number of sulfonamides is 1. The zero-order valence-electron chi connectivity index (χ0n) is 15.5. The number of hydrogen-bond acceptors (Lipinski definition) is 5. The van der Waals surface area contributed by atoms with Crippen LogP contribution < -0.4 is 10.0 Å². The number of likely N-dealkylation sites (N-methyl/N-ethyl adjacent to an activating group) is 2.